The van der Waals surface area contributed by atoms with Gasteiger partial charge in [0.25, 0.3) is 0 Å². The van der Waals surface area contributed by atoms with E-state index in [1.54, 1.807) is 0 Å². The molecular formula is C8H10FN3O4. The number of anilines is 1. The number of aliphatic hydroxyl groups is 1. The third kappa shape index (κ3) is 1.90. The molecule has 16 heavy (non-hydrogen) atoms. The minimum atomic E-state index is -1.08. The first kappa shape index (κ1) is 11.0. The zero-order chi connectivity index (χ0) is 11.7. The maximum atomic E-state index is 13.1. The molecule has 1 fully saturated rings. The molecule has 1 saturated heterocycles. The minimum Gasteiger partial charge on any atom is -0.394 e. The number of ether oxygens (including phenoxy) is 2. The van der Waals surface area contributed by atoms with Crippen molar-refractivity contribution in [2.24, 2.45) is 0 Å². The zero-order valence-electron chi connectivity index (χ0n) is 8.17. The molecule has 1 aliphatic rings. The number of rotatable bonds is 2. The Morgan fingerprint density at radius 1 is 1.75 bits per heavy atom. The monoisotopic (exact) mass is 231 g/mol. The molecule has 88 valence electrons. The van der Waals surface area contributed by atoms with Gasteiger partial charge in [0.05, 0.1) is 19.4 Å². The summed E-state index contributed by atoms with van der Waals surface area (Å²) in [6.45, 7) is -0.115. The van der Waals surface area contributed by atoms with Gasteiger partial charge >= 0.3 is 5.69 Å². The van der Waals surface area contributed by atoms with E-state index in [0.29, 0.717) is 0 Å². The third-order valence-electron chi connectivity index (χ3n) is 2.10. The molecule has 2 heterocycles. The molecule has 0 unspecified atom stereocenters. The number of nitrogen functional groups attached to an aromatic ring is 1. The normalized spacial score (nSPS) is 24.9. The van der Waals surface area contributed by atoms with Gasteiger partial charge in [0.1, 0.15) is 6.10 Å². The van der Waals surface area contributed by atoms with Crippen molar-refractivity contribution in [1.29, 1.82) is 0 Å². The van der Waals surface area contributed by atoms with E-state index in [2.05, 4.69) is 4.98 Å². The van der Waals surface area contributed by atoms with Crippen LogP contribution in [0.25, 0.3) is 0 Å². The summed E-state index contributed by atoms with van der Waals surface area (Å²) in [4.78, 5) is 14.6. The first-order chi connectivity index (χ1) is 7.61. The van der Waals surface area contributed by atoms with Gasteiger partial charge < -0.3 is 20.3 Å². The Bertz CT molecular complexity index is 449. The van der Waals surface area contributed by atoms with E-state index in [1.165, 1.54) is 0 Å². The topological polar surface area (TPSA) is 99.6 Å². The van der Waals surface area contributed by atoms with Crippen LogP contribution in [-0.2, 0) is 9.47 Å². The summed E-state index contributed by atoms with van der Waals surface area (Å²) in [5.41, 5.74) is 4.35. The van der Waals surface area contributed by atoms with Gasteiger partial charge in [-0.3, -0.25) is 0 Å². The predicted molar refractivity (Wildman–Crippen MR) is 49.8 cm³/mol. The molecule has 3 N–H and O–H groups in total. The Hall–Kier alpha value is -1.51. The summed E-state index contributed by atoms with van der Waals surface area (Å²) in [5, 5.41) is 8.80. The molecule has 0 aromatic carbocycles. The molecule has 2 atom stereocenters. The van der Waals surface area contributed by atoms with Crippen LogP contribution in [0.4, 0.5) is 10.2 Å². The summed E-state index contributed by atoms with van der Waals surface area (Å²) in [6.07, 6.45) is -0.750. The first-order valence-electron chi connectivity index (χ1n) is 4.54. The molecule has 2 rings (SSSR count). The molecule has 1 aromatic rings. The van der Waals surface area contributed by atoms with Gasteiger partial charge in [-0.15, -0.1) is 0 Å². The van der Waals surface area contributed by atoms with Crippen LogP contribution in [0.5, 0.6) is 0 Å². The number of nitrogens with two attached hydrogens (primary N) is 1. The maximum absolute atomic E-state index is 13.1. The van der Waals surface area contributed by atoms with E-state index in [9.17, 15) is 9.18 Å². The highest BCUT2D eigenvalue weighted by atomic mass is 19.1. The first-order valence-corrected chi connectivity index (χ1v) is 4.54. The second-order valence-electron chi connectivity index (χ2n) is 3.24. The lowest BCUT2D eigenvalue weighted by atomic mass is 10.4. The fourth-order valence-corrected chi connectivity index (χ4v) is 1.28. The fourth-order valence-electron chi connectivity index (χ4n) is 1.28. The maximum Gasteiger partial charge on any atom is 0.353 e. The number of hydrogen-bond acceptors (Lipinski definition) is 6. The van der Waals surface area contributed by atoms with Crippen LogP contribution in [0, 0.1) is 5.82 Å². The van der Waals surface area contributed by atoms with Crippen molar-refractivity contribution in [2.75, 3.05) is 18.9 Å². The van der Waals surface area contributed by atoms with E-state index >= 15 is 0 Å². The van der Waals surface area contributed by atoms with Gasteiger partial charge in [0, 0.05) is 0 Å². The lowest BCUT2D eigenvalue weighted by molar-refractivity contribution is -0.122. The van der Waals surface area contributed by atoms with Crippen LogP contribution in [0.1, 0.15) is 6.41 Å². The van der Waals surface area contributed by atoms with Crippen LogP contribution in [0.15, 0.2) is 11.0 Å². The highest BCUT2D eigenvalue weighted by Crippen LogP contribution is 2.19. The van der Waals surface area contributed by atoms with Gasteiger partial charge in [-0.2, -0.15) is 4.98 Å². The largest absolute Gasteiger partial charge is 0.394 e. The van der Waals surface area contributed by atoms with Crippen molar-refractivity contribution in [3.63, 3.8) is 0 Å². The SMILES string of the molecule is Nc1nc(=O)n([C@H]2OC[C@@H](CO)O2)cc1F. The van der Waals surface area contributed by atoms with E-state index in [-0.39, 0.29) is 13.2 Å². The van der Waals surface area contributed by atoms with E-state index < -0.39 is 29.8 Å². The molecule has 7 nitrogen and oxygen atoms in total. The third-order valence-corrected chi connectivity index (χ3v) is 2.10. The molecular weight excluding hydrogens is 221 g/mol. The van der Waals surface area contributed by atoms with E-state index in [1.807, 2.05) is 0 Å². The van der Waals surface area contributed by atoms with Gasteiger partial charge in [0.2, 0.25) is 6.41 Å². The Morgan fingerprint density at radius 2 is 2.50 bits per heavy atom. The molecule has 0 bridgehead atoms. The predicted octanol–water partition coefficient (Wildman–Crippen LogP) is -1.17. The van der Waals surface area contributed by atoms with Crippen molar-refractivity contribution in [3.8, 4) is 0 Å². The highest BCUT2D eigenvalue weighted by Gasteiger charge is 2.28. The summed E-state index contributed by atoms with van der Waals surface area (Å²) in [5.74, 6) is -1.31. The second kappa shape index (κ2) is 4.16. The molecule has 1 aliphatic heterocycles. The van der Waals surface area contributed by atoms with E-state index in [4.69, 9.17) is 20.3 Å². The van der Waals surface area contributed by atoms with Crippen molar-refractivity contribution < 1.29 is 19.0 Å². The van der Waals surface area contributed by atoms with Crippen molar-refractivity contribution >= 4 is 5.82 Å². The van der Waals surface area contributed by atoms with Gasteiger partial charge in [0.15, 0.2) is 11.6 Å². The lowest BCUT2D eigenvalue weighted by Crippen LogP contribution is -2.29. The number of halogens is 1. The number of hydrogen-bond donors (Lipinski definition) is 2. The smallest absolute Gasteiger partial charge is 0.353 e. The highest BCUT2D eigenvalue weighted by molar-refractivity contribution is 5.26. The number of nitrogens with zero attached hydrogens (tertiary/aromatic N) is 2. The second-order valence-corrected chi connectivity index (χ2v) is 3.24. The summed E-state index contributed by atoms with van der Waals surface area (Å²) < 4.78 is 24.1. The molecule has 0 saturated carbocycles. The van der Waals surface area contributed by atoms with Crippen LogP contribution < -0.4 is 11.4 Å². The Kier molecular flexibility index (Phi) is 2.86. The lowest BCUT2D eigenvalue weighted by Gasteiger charge is -2.12. The summed E-state index contributed by atoms with van der Waals surface area (Å²) >= 11 is 0. The van der Waals surface area contributed by atoms with Crippen LogP contribution in [-0.4, -0.2) is 34.0 Å². The van der Waals surface area contributed by atoms with E-state index in [0.717, 1.165) is 10.8 Å². The fraction of sp³-hybridized carbons (Fsp3) is 0.500. The number of aliphatic hydroxyl groups excluding tert-OH is 1. The molecule has 0 amide bonds. The average molecular weight is 231 g/mol. The van der Waals surface area contributed by atoms with Crippen LogP contribution in [0.2, 0.25) is 0 Å². The number of aromatic nitrogens is 2. The van der Waals surface area contributed by atoms with Crippen molar-refractivity contribution in [2.45, 2.75) is 12.5 Å². The van der Waals surface area contributed by atoms with Gasteiger partial charge in [-0.1, -0.05) is 0 Å². The van der Waals surface area contributed by atoms with Gasteiger partial charge in [-0.05, 0) is 0 Å². The molecule has 0 spiro atoms. The van der Waals surface area contributed by atoms with Crippen LogP contribution >= 0.6 is 0 Å². The van der Waals surface area contributed by atoms with Gasteiger partial charge in [-0.25, -0.2) is 13.8 Å². The summed E-state index contributed by atoms with van der Waals surface area (Å²) in [7, 11) is 0. The molecule has 8 heteroatoms. The van der Waals surface area contributed by atoms with Crippen molar-refractivity contribution in [3.05, 3.63) is 22.5 Å². The molecule has 0 radical (unpaired) electrons. The average Bonchev–Trinajstić information content (AvgIpc) is 2.71. The molecule has 0 aliphatic carbocycles. The Balaban J connectivity index is 2.28. The van der Waals surface area contributed by atoms with Crippen LogP contribution in [0.3, 0.4) is 0 Å². The standard InChI is InChI=1S/C8H10FN3O4/c9-5-1-12(7(14)11-6(5)10)8-15-3-4(2-13)16-8/h1,4,8,13H,2-3H2,(H2,10,11,14)/t4-,8+/m1/s1. The van der Waals surface area contributed by atoms with Crippen molar-refractivity contribution in [1.82, 2.24) is 9.55 Å². The quantitative estimate of drug-likeness (QED) is 0.665. The summed E-state index contributed by atoms with van der Waals surface area (Å²) in [6, 6.07) is 0. The Labute approximate surface area is 89.2 Å². The Morgan fingerprint density at radius 3 is 3.12 bits per heavy atom. The molecule has 1 aromatic heterocycles. The zero-order valence-corrected chi connectivity index (χ0v) is 8.17. The minimum absolute atomic E-state index is 0.125.